The summed E-state index contributed by atoms with van der Waals surface area (Å²) in [4.78, 5) is 2.42. The first kappa shape index (κ1) is 17.5. The average molecular weight is 356 g/mol. The Morgan fingerprint density at radius 3 is 1.85 bits per heavy atom. The monoisotopic (exact) mass is 355 g/mol. The summed E-state index contributed by atoms with van der Waals surface area (Å²) >= 11 is 0. The molecular formula is C25H27N2+. The quantitative estimate of drug-likeness (QED) is 0.526. The zero-order valence-corrected chi connectivity index (χ0v) is 16.7. The van der Waals surface area contributed by atoms with E-state index in [0.29, 0.717) is 0 Å². The summed E-state index contributed by atoms with van der Waals surface area (Å²) < 4.78 is 2.42. The van der Waals surface area contributed by atoms with Crippen LogP contribution < -0.4 is 4.90 Å². The second-order valence-corrected chi connectivity index (χ2v) is 7.62. The number of hydrogen-bond acceptors (Lipinski definition) is 1. The first-order chi connectivity index (χ1) is 13.0. The van der Waals surface area contributed by atoms with Crippen LogP contribution in [0, 0.1) is 27.7 Å². The van der Waals surface area contributed by atoms with Gasteiger partial charge in [-0.15, -0.1) is 0 Å². The van der Waals surface area contributed by atoms with E-state index in [2.05, 4.69) is 104 Å². The normalized spacial score (nSPS) is 13.8. The molecule has 0 spiro atoms. The SMILES string of the molecule is Cc1cccc(C)c1N1C=[N+](c2c(C)cccc2C)Cc2ccccc2C1. The minimum atomic E-state index is 0.892. The second kappa shape index (κ2) is 7.03. The summed E-state index contributed by atoms with van der Waals surface area (Å²) in [5.41, 5.74) is 10.7. The van der Waals surface area contributed by atoms with Gasteiger partial charge in [0.1, 0.15) is 24.5 Å². The van der Waals surface area contributed by atoms with Crippen molar-refractivity contribution in [1.82, 2.24) is 0 Å². The van der Waals surface area contributed by atoms with Crippen molar-refractivity contribution < 1.29 is 4.58 Å². The van der Waals surface area contributed by atoms with Gasteiger partial charge in [-0.25, -0.2) is 9.48 Å². The molecule has 136 valence electrons. The van der Waals surface area contributed by atoms with Gasteiger partial charge in [-0.2, -0.15) is 0 Å². The molecule has 0 aromatic heterocycles. The zero-order chi connectivity index (χ0) is 19.0. The Hall–Kier alpha value is -2.87. The Kier molecular flexibility index (Phi) is 4.57. The van der Waals surface area contributed by atoms with Crippen molar-refractivity contribution in [2.45, 2.75) is 40.8 Å². The summed E-state index contributed by atoms with van der Waals surface area (Å²) in [6, 6.07) is 21.9. The highest BCUT2D eigenvalue weighted by atomic mass is 15.2. The number of benzene rings is 3. The van der Waals surface area contributed by atoms with Crippen LogP contribution in [0.1, 0.15) is 33.4 Å². The number of nitrogens with zero attached hydrogens (tertiary/aromatic N) is 2. The van der Waals surface area contributed by atoms with Crippen LogP contribution in [0.15, 0.2) is 60.7 Å². The molecule has 0 unspecified atom stereocenters. The van der Waals surface area contributed by atoms with Gasteiger partial charge in [-0.05, 0) is 49.9 Å². The largest absolute Gasteiger partial charge is 0.245 e. The molecule has 1 aliphatic heterocycles. The van der Waals surface area contributed by atoms with Crippen LogP contribution in [-0.2, 0) is 13.1 Å². The molecule has 0 bridgehead atoms. The van der Waals surface area contributed by atoms with Gasteiger partial charge in [0.2, 0.25) is 6.34 Å². The van der Waals surface area contributed by atoms with Crippen molar-refractivity contribution in [2.24, 2.45) is 0 Å². The maximum Gasteiger partial charge on any atom is 0.245 e. The summed E-state index contributed by atoms with van der Waals surface area (Å²) in [7, 11) is 0. The van der Waals surface area contributed by atoms with Crippen molar-refractivity contribution in [2.75, 3.05) is 4.90 Å². The molecule has 2 heteroatoms. The molecule has 4 rings (SSSR count). The van der Waals surface area contributed by atoms with Gasteiger partial charge < -0.3 is 0 Å². The van der Waals surface area contributed by atoms with Gasteiger partial charge in [-0.3, -0.25) is 0 Å². The minimum Gasteiger partial charge on any atom is -0.229 e. The number of anilines is 1. The summed E-state index contributed by atoms with van der Waals surface area (Å²) in [5.74, 6) is 0. The lowest BCUT2D eigenvalue weighted by Crippen LogP contribution is -2.25. The maximum atomic E-state index is 2.42. The van der Waals surface area contributed by atoms with Crippen LogP contribution in [0.4, 0.5) is 11.4 Å². The fraction of sp³-hybridized carbons (Fsp3) is 0.240. The van der Waals surface area contributed by atoms with E-state index in [1.165, 1.54) is 44.8 Å². The minimum absolute atomic E-state index is 0.892. The molecule has 27 heavy (non-hydrogen) atoms. The van der Waals surface area contributed by atoms with E-state index in [-0.39, 0.29) is 0 Å². The molecule has 2 nitrogen and oxygen atoms in total. The topological polar surface area (TPSA) is 6.25 Å². The molecule has 0 atom stereocenters. The van der Waals surface area contributed by atoms with E-state index in [4.69, 9.17) is 0 Å². The molecule has 0 saturated carbocycles. The fourth-order valence-corrected chi connectivity index (χ4v) is 4.27. The number of rotatable bonds is 2. The Labute approximate surface area is 162 Å². The summed E-state index contributed by atoms with van der Waals surface area (Å²) in [6.07, 6.45) is 2.31. The Morgan fingerprint density at radius 2 is 1.22 bits per heavy atom. The fourth-order valence-electron chi connectivity index (χ4n) is 4.27. The van der Waals surface area contributed by atoms with Crippen LogP contribution in [0.25, 0.3) is 0 Å². The summed E-state index contributed by atoms with van der Waals surface area (Å²) in [5, 5.41) is 0. The van der Waals surface area contributed by atoms with Crippen molar-refractivity contribution in [1.29, 1.82) is 0 Å². The Balaban J connectivity index is 1.93. The van der Waals surface area contributed by atoms with Crippen LogP contribution in [0.2, 0.25) is 0 Å². The van der Waals surface area contributed by atoms with Gasteiger partial charge in [0.05, 0.1) is 0 Å². The van der Waals surface area contributed by atoms with E-state index in [0.717, 1.165) is 13.1 Å². The van der Waals surface area contributed by atoms with E-state index in [1.54, 1.807) is 0 Å². The van der Waals surface area contributed by atoms with Crippen molar-refractivity contribution >= 4 is 17.7 Å². The predicted molar refractivity (Wildman–Crippen MR) is 114 cm³/mol. The molecule has 3 aromatic carbocycles. The predicted octanol–water partition coefficient (Wildman–Crippen LogP) is 5.81. The van der Waals surface area contributed by atoms with E-state index >= 15 is 0 Å². The second-order valence-electron chi connectivity index (χ2n) is 7.62. The van der Waals surface area contributed by atoms with Gasteiger partial charge in [0.25, 0.3) is 0 Å². The highest BCUT2D eigenvalue weighted by Crippen LogP contribution is 2.31. The van der Waals surface area contributed by atoms with Gasteiger partial charge >= 0.3 is 0 Å². The third kappa shape index (κ3) is 3.28. The van der Waals surface area contributed by atoms with Crippen LogP contribution in [0.5, 0.6) is 0 Å². The lowest BCUT2D eigenvalue weighted by atomic mass is 10.0. The molecular weight excluding hydrogens is 328 g/mol. The molecule has 1 aliphatic rings. The number of aryl methyl sites for hydroxylation is 4. The van der Waals surface area contributed by atoms with Crippen molar-refractivity contribution in [3.05, 3.63) is 94.0 Å². The molecule has 0 N–H and O–H groups in total. The molecule has 0 saturated heterocycles. The van der Waals surface area contributed by atoms with E-state index in [1.807, 2.05) is 0 Å². The zero-order valence-electron chi connectivity index (χ0n) is 16.7. The number of para-hydroxylation sites is 2. The van der Waals surface area contributed by atoms with Gasteiger partial charge in [0.15, 0.2) is 0 Å². The van der Waals surface area contributed by atoms with Crippen molar-refractivity contribution in [3.8, 4) is 0 Å². The van der Waals surface area contributed by atoms with Crippen LogP contribution in [0.3, 0.4) is 0 Å². The highest BCUT2D eigenvalue weighted by Gasteiger charge is 2.25. The first-order valence-corrected chi connectivity index (χ1v) is 9.62. The third-order valence-electron chi connectivity index (χ3n) is 5.53. The Bertz CT molecular complexity index is 990. The molecule has 1 heterocycles. The number of fused-ring (bicyclic) bond motifs is 1. The van der Waals surface area contributed by atoms with E-state index in [9.17, 15) is 0 Å². The maximum absolute atomic E-state index is 2.42. The molecule has 0 fully saturated rings. The highest BCUT2D eigenvalue weighted by molar-refractivity contribution is 5.81. The van der Waals surface area contributed by atoms with Gasteiger partial charge in [-0.1, -0.05) is 60.7 Å². The smallest absolute Gasteiger partial charge is 0.229 e. The van der Waals surface area contributed by atoms with Crippen LogP contribution >= 0.6 is 0 Å². The van der Waals surface area contributed by atoms with Gasteiger partial charge in [0, 0.05) is 11.1 Å². The third-order valence-corrected chi connectivity index (χ3v) is 5.53. The molecule has 0 amide bonds. The average Bonchev–Trinajstić information content (AvgIpc) is 2.81. The lowest BCUT2D eigenvalue weighted by molar-refractivity contribution is -0.454. The first-order valence-electron chi connectivity index (χ1n) is 9.62. The number of hydrogen-bond donors (Lipinski definition) is 0. The molecule has 0 radical (unpaired) electrons. The van der Waals surface area contributed by atoms with Crippen LogP contribution in [-0.4, -0.2) is 10.9 Å². The Morgan fingerprint density at radius 1 is 0.667 bits per heavy atom. The van der Waals surface area contributed by atoms with Crippen molar-refractivity contribution in [3.63, 3.8) is 0 Å². The molecule has 3 aromatic rings. The van der Waals surface area contributed by atoms with E-state index < -0.39 is 0 Å². The lowest BCUT2D eigenvalue weighted by Gasteiger charge is -2.18. The molecule has 0 aliphatic carbocycles. The standard InChI is InChI=1S/C25H27N2/c1-18-9-7-10-19(2)24(18)26-15-22-13-5-6-14-23(22)16-27(17-26)25-20(3)11-8-12-21(25)4/h5-14,17H,15-16H2,1-4H3/q+1. The summed E-state index contributed by atoms with van der Waals surface area (Å²) in [6.45, 7) is 10.6.